The van der Waals surface area contributed by atoms with Crippen molar-refractivity contribution in [3.63, 3.8) is 0 Å². The highest BCUT2D eigenvalue weighted by Crippen LogP contribution is 2.32. The minimum Gasteiger partial charge on any atom is -0.376 e. The molecule has 1 unspecified atom stereocenters. The number of anilines is 1. The van der Waals surface area contributed by atoms with Gasteiger partial charge in [0.15, 0.2) is 0 Å². The number of nitrogens with zero attached hydrogens (tertiary/aromatic N) is 4. The first-order valence-electron chi connectivity index (χ1n) is 19.8. The molecule has 16 heteroatoms. The number of fused-ring (bicyclic) bond motifs is 3. The van der Waals surface area contributed by atoms with Gasteiger partial charge in [-0.05, 0) is 110 Å². The Morgan fingerprint density at radius 1 is 0.836 bits per heavy atom. The lowest BCUT2D eigenvalue weighted by molar-refractivity contribution is -0.384. The summed E-state index contributed by atoms with van der Waals surface area (Å²) in [6, 6.07) is 37.0. The quantitative estimate of drug-likeness (QED) is 0.0588. The number of hydrogen-bond donors (Lipinski definition) is 2. The summed E-state index contributed by atoms with van der Waals surface area (Å²) in [5, 5.41) is 17.2. The molecule has 0 bridgehead atoms. The van der Waals surface area contributed by atoms with Crippen molar-refractivity contribution in [3.05, 3.63) is 153 Å². The zero-order chi connectivity index (χ0) is 40.9. The van der Waals surface area contributed by atoms with E-state index in [-0.39, 0.29) is 52.7 Å². The second-order valence-electron chi connectivity index (χ2n) is 15.1. The third-order valence-corrected chi connectivity index (χ3v) is 13.8. The van der Waals surface area contributed by atoms with Gasteiger partial charge in [-0.1, -0.05) is 66.2 Å². The van der Waals surface area contributed by atoms with Crippen molar-refractivity contribution in [2.75, 3.05) is 37.2 Å². The van der Waals surface area contributed by atoms with Gasteiger partial charge in [-0.2, -0.15) is 0 Å². The van der Waals surface area contributed by atoms with Crippen molar-refractivity contribution in [2.24, 2.45) is 0 Å². The highest BCUT2D eigenvalue weighted by molar-refractivity contribution is 7.99. The number of carbonyl (C=O) groups excluding carboxylic acids is 1. The van der Waals surface area contributed by atoms with Crippen molar-refractivity contribution in [2.45, 2.75) is 54.7 Å². The maximum absolute atomic E-state index is 13.6. The fourth-order valence-corrected chi connectivity index (χ4v) is 10.1. The number of nitro groups is 1. The van der Waals surface area contributed by atoms with E-state index < -0.39 is 20.9 Å². The summed E-state index contributed by atoms with van der Waals surface area (Å²) in [5.41, 5.74) is 5.56. The van der Waals surface area contributed by atoms with Gasteiger partial charge in [-0.25, -0.2) is 13.1 Å². The first-order valence-corrected chi connectivity index (χ1v) is 22.6. The molecule has 0 radical (unpaired) electrons. The normalized spacial score (nSPS) is 14.7. The maximum atomic E-state index is 13.6. The fraction of sp³-hybridized carbons (Fsp3) is 0.267. The smallest absolute Gasteiger partial charge is 0.293 e. The minimum atomic E-state index is -4.46. The zero-order valence-electron chi connectivity index (χ0n) is 33.2. The number of sulfonamides is 1. The van der Waals surface area contributed by atoms with Crippen LogP contribution in [-0.2, 0) is 29.7 Å². The molecule has 1 atom stereocenters. The van der Waals surface area contributed by atoms with E-state index in [1.54, 1.807) is 23.9 Å². The number of halogens is 3. The second kappa shape index (κ2) is 20.5. The number of likely N-dealkylation sites (tertiary alicyclic amines) is 1. The summed E-state index contributed by atoms with van der Waals surface area (Å²) in [7, 11) is -4.46. The van der Waals surface area contributed by atoms with Gasteiger partial charge in [0, 0.05) is 82.7 Å². The van der Waals surface area contributed by atoms with Crippen LogP contribution in [0.1, 0.15) is 40.9 Å². The molecule has 6 aromatic rings. The monoisotopic (exact) mass is 920 g/mol. The minimum absolute atomic E-state index is 0. The van der Waals surface area contributed by atoms with Gasteiger partial charge < -0.3 is 14.8 Å². The average Bonchev–Trinajstić information content (AvgIpc) is 3.90. The van der Waals surface area contributed by atoms with Gasteiger partial charge in [-0.3, -0.25) is 19.8 Å². The van der Waals surface area contributed by atoms with Gasteiger partial charge in [0.25, 0.3) is 21.6 Å². The number of carbonyl (C=O) groups is 1. The average molecular weight is 922 g/mol. The van der Waals surface area contributed by atoms with Gasteiger partial charge in [0.2, 0.25) is 0 Å². The number of hydrogen-bond acceptors (Lipinski definition) is 9. The van der Waals surface area contributed by atoms with Crippen LogP contribution in [0, 0.1) is 10.1 Å². The molecule has 5 aromatic carbocycles. The first-order chi connectivity index (χ1) is 28.6. The third-order valence-electron chi connectivity index (χ3n) is 11.1. The van der Waals surface area contributed by atoms with Crippen molar-refractivity contribution in [1.29, 1.82) is 0 Å². The lowest BCUT2D eigenvalue weighted by Crippen LogP contribution is -2.33. The molecule has 2 aliphatic rings. The van der Waals surface area contributed by atoms with Gasteiger partial charge in [-0.15, -0.1) is 36.6 Å². The van der Waals surface area contributed by atoms with Crippen LogP contribution in [0.15, 0.2) is 131 Å². The lowest BCUT2D eigenvalue weighted by Gasteiger charge is -2.29. The number of amides is 1. The Morgan fingerprint density at radius 2 is 1.57 bits per heavy atom. The topological polar surface area (TPSA) is 130 Å². The van der Waals surface area contributed by atoms with Crippen LogP contribution >= 0.6 is 48.2 Å². The number of rotatable bonds is 15. The number of nitro benzene ring substituents is 1. The molecule has 1 amide bonds. The number of benzene rings is 5. The predicted octanol–water partition coefficient (Wildman–Crippen LogP) is 9.91. The number of thioether (sulfide) groups is 1. The summed E-state index contributed by atoms with van der Waals surface area (Å²) in [6.45, 7) is 5.99. The summed E-state index contributed by atoms with van der Waals surface area (Å²) in [5.74, 6) is -0.153. The molecule has 320 valence electrons. The zero-order valence-corrected chi connectivity index (χ0v) is 37.3. The molecule has 11 nitrogen and oxygen atoms in total. The number of nitrogens with one attached hydrogen (secondary N) is 2. The van der Waals surface area contributed by atoms with Gasteiger partial charge in [0.05, 0.1) is 9.82 Å². The Bertz CT molecular complexity index is 2590. The van der Waals surface area contributed by atoms with Crippen LogP contribution in [0.2, 0.25) is 5.02 Å². The fourth-order valence-electron chi connectivity index (χ4n) is 8.03. The molecule has 0 spiro atoms. The molecule has 8 rings (SSSR count). The van der Waals surface area contributed by atoms with Crippen LogP contribution in [0.25, 0.3) is 22.0 Å². The van der Waals surface area contributed by atoms with Crippen molar-refractivity contribution >= 4 is 86.4 Å². The molecule has 1 aromatic heterocycles. The van der Waals surface area contributed by atoms with Crippen molar-refractivity contribution < 1.29 is 18.1 Å². The van der Waals surface area contributed by atoms with E-state index in [0.717, 1.165) is 84.4 Å². The largest absolute Gasteiger partial charge is 0.376 e. The molecule has 1 fully saturated rings. The molecular weight excluding hydrogens is 875 g/mol. The summed E-state index contributed by atoms with van der Waals surface area (Å²) in [6.07, 6.45) is 3.10. The van der Waals surface area contributed by atoms with E-state index >= 15 is 0 Å². The van der Waals surface area contributed by atoms with E-state index in [2.05, 4.69) is 42.6 Å². The summed E-state index contributed by atoms with van der Waals surface area (Å²) >= 11 is 7.81. The molecule has 2 N–H and O–H groups in total. The van der Waals surface area contributed by atoms with E-state index in [0.29, 0.717) is 17.3 Å². The van der Waals surface area contributed by atoms with Crippen LogP contribution in [0.3, 0.4) is 0 Å². The van der Waals surface area contributed by atoms with E-state index in [1.165, 1.54) is 30.5 Å². The Morgan fingerprint density at radius 3 is 2.33 bits per heavy atom. The Kier molecular flexibility index (Phi) is 15.4. The highest BCUT2D eigenvalue weighted by atomic mass is 35.5. The van der Waals surface area contributed by atoms with Crippen LogP contribution in [0.4, 0.5) is 11.4 Å². The first kappa shape index (κ1) is 45.9. The van der Waals surface area contributed by atoms with E-state index in [1.807, 2.05) is 72.8 Å². The van der Waals surface area contributed by atoms with Gasteiger partial charge >= 0.3 is 0 Å². The summed E-state index contributed by atoms with van der Waals surface area (Å²) < 4.78 is 31.5. The number of aromatic nitrogens is 1. The van der Waals surface area contributed by atoms with Gasteiger partial charge in [0.1, 0.15) is 5.69 Å². The molecule has 2 aliphatic heterocycles. The lowest BCUT2D eigenvalue weighted by atomic mass is 9.99. The molecule has 0 aliphatic carbocycles. The van der Waals surface area contributed by atoms with E-state index in [9.17, 15) is 23.3 Å². The predicted molar refractivity (Wildman–Crippen MR) is 250 cm³/mol. The Balaban J connectivity index is 0.00000311. The van der Waals surface area contributed by atoms with Crippen molar-refractivity contribution in [1.82, 2.24) is 19.1 Å². The molecule has 1 saturated heterocycles. The maximum Gasteiger partial charge on any atom is 0.293 e. The summed E-state index contributed by atoms with van der Waals surface area (Å²) in [4.78, 5) is 30.7. The second-order valence-corrected chi connectivity index (χ2v) is 18.3. The third kappa shape index (κ3) is 11.1. The SMILES string of the molecule is Cl.Cl.O=C(NS(=O)(=O)c1ccc(NC(CCN2CCCC2)CSc2ccccc2)c([N+](=O)[O-])c1)c1ccc2c(c1)cc1n2CCN(Cc2ccccc2-c2ccc(Cl)cc2)C1. The molecule has 3 heterocycles. The standard InChI is InChI=1S/C45H45ClN6O5S2.2ClH/c46-36-15-12-32(13-16-36)41-11-5-4-8-34(41)29-50-24-25-51-38(30-50)27-35-26-33(14-19-43(35)51)45(53)48-59(56,57)40-17-18-42(44(28-40)52(54)55)47-37(20-23-49-21-6-7-22-49)31-58-39-9-2-1-3-10-39;;/h1-5,8-19,26-28,37,47H,6-7,20-25,29-31H2,(H,48,53);2*1H. The molecule has 61 heavy (non-hydrogen) atoms. The molecule has 0 saturated carbocycles. The highest BCUT2D eigenvalue weighted by Gasteiger charge is 2.27. The van der Waals surface area contributed by atoms with Crippen LogP contribution in [0.5, 0.6) is 0 Å². The van der Waals surface area contributed by atoms with E-state index in [4.69, 9.17) is 11.6 Å². The van der Waals surface area contributed by atoms with Crippen molar-refractivity contribution in [3.8, 4) is 11.1 Å². The Labute approximate surface area is 377 Å². The molecular formula is C45H47Cl3N6O5S2. The van der Waals surface area contributed by atoms with Crippen LogP contribution < -0.4 is 10.0 Å². The Hall–Kier alpha value is -4.60. The van der Waals surface area contributed by atoms with Crippen LogP contribution in [-0.4, -0.2) is 71.6 Å².